The first kappa shape index (κ1) is 20.8. The van der Waals surface area contributed by atoms with Crippen molar-refractivity contribution in [3.8, 4) is 5.88 Å². The van der Waals surface area contributed by atoms with Gasteiger partial charge in [0.2, 0.25) is 5.88 Å². The van der Waals surface area contributed by atoms with Gasteiger partial charge in [-0.2, -0.15) is 0 Å². The topological polar surface area (TPSA) is 72.0 Å². The molecular weight excluding hydrogens is 370 g/mol. The fraction of sp³-hybridized carbons (Fsp3) is 0.409. The maximum absolute atomic E-state index is 12.7. The number of hydrogen-bond acceptors (Lipinski definition) is 6. The number of pyridine rings is 1. The highest BCUT2D eigenvalue weighted by Gasteiger charge is 2.28. The van der Waals surface area contributed by atoms with Crippen molar-refractivity contribution in [1.82, 2.24) is 14.8 Å². The Morgan fingerprint density at radius 2 is 1.79 bits per heavy atom. The van der Waals surface area contributed by atoms with Crippen LogP contribution in [0.25, 0.3) is 0 Å². The molecule has 0 radical (unpaired) electrons. The highest BCUT2D eigenvalue weighted by atomic mass is 16.6. The molecule has 0 spiro atoms. The third-order valence-corrected chi connectivity index (χ3v) is 4.84. The minimum atomic E-state index is -0.863. The summed E-state index contributed by atoms with van der Waals surface area (Å²) < 4.78 is 10.8. The Kier molecular flexibility index (Phi) is 7.19. The molecule has 0 saturated carbocycles. The molecule has 154 valence electrons. The number of piperazine rings is 1. The van der Waals surface area contributed by atoms with Gasteiger partial charge in [0.1, 0.15) is 5.56 Å². The summed E-state index contributed by atoms with van der Waals surface area (Å²) in [5.41, 5.74) is 1.48. The molecule has 1 aromatic carbocycles. The fourth-order valence-electron chi connectivity index (χ4n) is 3.30. The Bertz CT molecular complexity index is 820. The Morgan fingerprint density at radius 1 is 1.07 bits per heavy atom. The first-order valence-electron chi connectivity index (χ1n) is 9.92. The predicted molar refractivity (Wildman–Crippen MR) is 109 cm³/mol. The number of carbonyl (C=O) groups excluding carboxylic acids is 2. The SMILES string of the molecule is CCOc1ncccc1C(=O)OC(C)C(=O)N1CCN(Cc2ccccc2)CC1. The van der Waals surface area contributed by atoms with Gasteiger partial charge in [-0.05, 0) is 31.5 Å². The zero-order valence-electron chi connectivity index (χ0n) is 16.9. The van der Waals surface area contributed by atoms with E-state index in [0.717, 1.165) is 19.6 Å². The van der Waals surface area contributed by atoms with Crippen LogP contribution in [0.5, 0.6) is 5.88 Å². The van der Waals surface area contributed by atoms with Gasteiger partial charge in [0.25, 0.3) is 5.91 Å². The maximum Gasteiger partial charge on any atom is 0.344 e. The third-order valence-electron chi connectivity index (χ3n) is 4.84. The van der Waals surface area contributed by atoms with Crippen LogP contribution in [0.1, 0.15) is 29.8 Å². The second kappa shape index (κ2) is 10.0. The van der Waals surface area contributed by atoms with E-state index in [2.05, 4.69) is 22.0 Å². The number of ether oxygens (including phenoxy) is 2. The Balaban J connectivity index is 1.51. The van der Waals surface area contributed by atoms with Gasteiger partial charge in [-0.15, -0.1) is 0 Å². The first-order valence-corrected chi connectivity index (χ1v) is 9.92. The van der Waals surface area contributed by atoms with Gasteiger partial charge < -0.3 is 14.4 Å². The van der Waals surface area contributed by atoms with E-state index in [1.807, 2.05) is 25.1 Å². The Hall–Kier alpha value is -2.93. The van der Waals surface area contributed by atoms with E-state index in [4.69, 9.17) is 9.47 Å². The highest BCUT2D eigenvalue weighted by Crippen LogP contribution is 2.17. The normalized spacial score (nSPS) is 15.6. The molecule has 7 heteroatoms. The van der Waals surface area contributed by atoms with Crippen LogP contribution in [0.3, 0.4) is 0 Å². The van der Waals surface area contributed by atoms with E-state index in [-0.39, 0.29) is 17.4 Å². The molecule has 1 unspecified atom stereocenters. The van der Waals surface area contributed by atoms with Crippen molar-refractivity contribution in [2.24, 2.45) is 0 Å². The standard InChI is InChI=1S/C22H27N3O4/c1-3-28-20-19(10-7-11-23-20)22(27)29-17(2)21(26)25-14-12-24(13-15-25)16-18-8-5-4-6-9-18/h4-11,17H,3,12-16H2,1-2H3. The lowest BCUT2D eigenvalue weighted by Crippen LogP contribution is -2.51. The lowest BCUT2D eigenvalue weighted by Gasteiger charge is -2.35. The summed E-state index contributed by atoms with van der Waals surface area (Å²) >= 11 is 0. The number of carbonyl (C=O) groups is 2. The van der Waals surface area contributed by atoms with Crippen LogP contribution in [0.2, 0.25) is 0 Å². The molecule has 0 N–H and O–H groups in total. The molecule has 1 atom stereocenters. The molecule has 2 aromatic rings. The molecule has 1 saturated heterocycles. The van der Waals surface area contributed by atoms with Crippen LogP contribution in [0.4, 0.5) is 0 Å². The summed E-state index contributed by atoms with van der Waals surface area (Å²) in [6.07, 6.45) is 0.684. The van der Waals surface area contributed by atoms with Crippen LogP contribution < -0.4 is 4.74 Å². The van der Waals surface area contributed by atoms with Crippen molar-refractivity contribution in [1.29, 1.82) is 0 Å². The molecule has 1 amide bonds. The van der Waals surface area contributed by atoms with Gasteiger partial charge in [-0.25, -0.2) is 9.78 Å². The number of rotatable bonds is 7. The van der Waals surface area contributed by atoms with Crippen LogP contribution in [-0.2, 0) is 16.1 Å². The van der Waals surface area contributed by atoms with Crippen LogP contribution >= 0.6 is 0 Å². The smallest absolute Gasteiger partial charge is 0.344 e. The monoisotopic (exact) mass is 397 g/mol. The first-order chi connectivity index (χ1) is 14.1. The second-order valence-corrected chi connectivity index (χ2v) is 6.92. The second-order valence-electron chi connectivity index (χ2n) is 6.92. The summed E-state index contributed by atoms with van der Waals surface area (Å²) in [6.45, 7) is 7.49. The predicted octanol–water partition coefficient (Wildman–Crippen LogP) is 2.37. The minimum Gasteiger partial charge on any atom is -0.477 e. The van der Waals surface area contributed by atoms with Crippen molar-refractivity contribution < 1.29 is 19.1 Å². The van der Waals surface area contributed by atoms with Crippen molar-refractivity contribution in [3.05, 3.63) is 59.8 Å². The van der Waals surface area contributed by atoms with Crippen molar-refractivity contribution in [2.75, 3.05) is 32.8 Å². The Morgan fingerprint density at radius 3 is 2.48 bits per heavy atom. The molecule has 29 heavy (non-hydrogen) atoms. The van der Waals surface area contributed by atoms with Gasteiger partial charge in [0, 0.05) is 38.9 Å². The molecule has 0 bridgehead atoms. The molecule has 2 heterocycles. The van der Waals surface area contributed by atoms with E-state index in [0.29, 0.717) is 19.7 Å². The van der Waals surface area contributed by atoms with Crippen LogP contribution in [0, 0.1) is 0 Å². The highest BCUT2D eigenvalue weighted by molar-refractivity contribution is 5.94. The fourth-order valence-corrected chi connectivity index (χ4v) is 3.30. The number of nitrogens with zero attached hydrogens (tertiary/aromatic N) is 3. The van der Waals surface area contributed by atoms with Gasteiger partial charge in [-0.3, -0.25) is 9.69 Å². The lowest BCUT2D eigenvalue weighted by molar-refractivity contribution is -0.141. The number of aromatic nitrogens is 1. The number of hydrogen-bond donors (Lipinski definition) is 0. The van der Waals surface area contributed by atoms with Crippen molar-refractivity contribution in [2.45, 2.75) is 26.5 Å². The van der Waals surface area contributed by atoms with Crippen molar-refractivity contribution in [3.63, 3.8) is 0 Å². The molecule has 0 aliphatic carbocycles. The summed E-state index contributed by atoms with van der Waals surface area (Å²) in [5.74, 6) is -0.571. The van der Waals surface area contributed by atoms with Gasteiger partial charge in [-0.1, -0.05) is 30.3 Å². The quantitative estimate of drug-likeness (QED) is 0.668. The zero-order chi connectivity index (χ0) is 20.6. The Labute approximate surface area is 171 Å². The van der Waals surface area contributed by atoms with Crippen LogP contribution in [-0.4, -0.2) is 65.6 Å². The average Bonchev–Trinajstić information content (AvgIpc) is 2.75. The average molecular weight is 397 g/mol. The molecule has 1 aliphatic heterocycles. The van der Waals surface area contributed by atoms with Gasteiger partial charge in [0.15, 0.2) is 6.10 Å². The summed E-state index contributed by atoms with van der Waals surface area (Å²) in [7, 11) is 0. The van der Waals surface area contributed by atoms with E-state index >= 15 is 0 Å². The molecule has 1 aliphatic rings. The lowest BCUT2D eigenvalue weighted by atomic mass is 10.2. The zero-order valence-corrected chi connectivity index (χ0v) is 16.9. The van der Waals surface area contributed by atoms with E-state index in [1.54, 1.807) is 30.2 Å². The van der Waals surface area contributed by atoms with Crippen LogP contribution in [0.15, 0.2) is 48.7 Å². The van der Waals surface area contributed by atoms with E-state index in [9.17, 15) is 9.59 Å². The van der Waals surface area contributed by atoms with Crippen molar-refractivity contribution >= 4 is 11.9 Å². The third kappa shape index (κ3) is 5.54. The van der Waals surface area contributed by atoms with E-state index < -0.39 is 12.1 Å². The summed E-state index contributed by atoms with van der Waals surface area (Å²) in [5, 5.41) is 0. The maximum atomic E-state index is 12.7. The minimum absolute atomic E-state index is 0.181. The largest absolute Gasteiger partial charge is 0.477 e. The molecule has 1 aromatic heterocycles. The number of benzene rings is 1. The van der Waals surface area contributed by atoms with Gasteiger partial charge in [0.05, 0.1) is 6.61 Å². The molecular formula is C22H27N3O4. The molecule has 1 fully saturated rings. The summed E-state index contributed by atoms with van der Waals surface area (Å²) in [4.78, 5) is 33.3. The van der Waals surface area contributed by atoms with E-state index in [1.165, 1.54) is 5.56 Å². The number of amides is 1. The van der Waals surface area contributed by atoms with Gasteiger partial charge >= 0.3 is 5.97 Å². The number of esters is 1. The summed E-state index contributed by atoms with van der Waals surface area (Å²) in [6, 6.07) is 13.5. The molecule has 7 nitrogen and oxygen atoms in total. The molecule has 3 rings (SSSR count).